The molecule has 1 aliphatic rings. The predicted molar refractivity (Wildman–Crippen MR) is 78.0 cm³/mol. The summed E-state index contributed by atoms with van der Waals surface area (Å²) in [6.45, 7) is 4.13. The highest BCUT2D eigenvalue weighted by atomic mass is 32.2. The van der Waals surface area contributed by atoms with Crippen molar-refractivity contribution in [2.45, 2.75) is 24.8 Å². The summed E-state index contributed by atoms with van der Waals surface area (Å²) < 4.78 is 33.8. The second-order valence-electron chi connectivity index (χ2n) is 4.75. The lowest BCUT2D eigenvalue weighted by atomic mass is 10.3. The van der Waals surface area contributed by atoms with Crippen LogP contribution in [0.3, 0.4) is 0 Å². The molecule has 2 N–H and O–H groups in total. The standard InChI is InChI=1S/C11H18N4O3S2/c1-7-10(8(2)14(3)13-7)20(16,17)15-4-5-18-9(6-15)11(12)19/h9H,4-6H2,1-3H3,(H2,12,19). The molecule has 7 nitrogen and oxygen atoms in total. The summed E-state index contributed by atoms with van der Waals surface area (Å²) in [7, 11) is -1.89. The third-order valence-electron chi connectivity index (χ3n) is 3.39. The minimum Gasteiger partial charge on any atom is -0.391 e. The number of nitrogens with two attached hydrogens (primary N) is 1. The van der Waals surface area contributed by atoms with Crippen LogP contribution in [0.5, 0.6) is 0 Å². The summed E-state index contributed by atoms with van der Waals surface area (Å²) in [4.78, 5) is 0.424. The summed E-state index contributed by atoms with van der Waals surface area (Å²) in [5, 5.41) is 4.15. The maximum Gasteiger partial charge on any atom is 0.246 e. The van der Waals surface area contributed by atoms with Crippen molar-refractivity contribution < 1.29 is 13.2 Å². The number of morpholine rings is 1. The maximum atomic E-state index is 12.7. The fourth-order valence-electron chi connectivity index (χ4n) is 2.27. The van der Waals surface area contributed by atoms with Gasteiger partial charge in [-0.2, -0.15) is 9.40 Å². The van der Waals surface area contributed by atoms with Gasteiger partial charge in [-0.15, -0.1) is 0 Å². The van der Waals surface area contributed by atoms with Crippen LogP contribution in [0, 0.1) is 13.8 Å². The summed E-state index contributed by atoms with van der Waals surface area (Å²) in [6.07, 6.45) is -0.536. The quantitative estimate of drug-likeness (QED) is 0.771. The van der Waals surface area contributed by atoms with E-state index in [0.717, 1.165) is 0 Å². The highest BCUT2D eigenvalue weighted by Crippen LogP contribution is 2.24. The zero-order valence-corrected chi connectivity index (χ0v) is 13.3. The Labute approximate surface area is 123 Å². The van der Waals surface area contributed by atoms with Gasteiger partial charge in [0.2, 0.25) is 10.0 Å². The number of rotatable bonds is 3. The molecule has 112 valence electrons. The first kappa shape index (κ1) is 15.4. The Morgan fingerprint density at radius 1 is 1.50 bits per heavy atom. The van der Waals surface area contributed by atoms with Crippen molar-refractivity contribution in [3.63, 3.8) is 0 Å². The van der Waals surface area contributed by atoms with Gasteiger partial charge in [0.1, 0.15) is 16.0 Å². The molecule has 9 heteroatoms. The van der Waals surface area contributed by atoms with Crippen molar-refractivity contribution in [2.24, 2.45) is 12.8 Å². The Hall–Kier alpha value is -1.03. The van der Waals surface area contributed by atoms with Gasteiger partial charge in [-0.25, -0.2) is 8.42 Å². The van der Waals surface area contributed by atoms with Gasteiger partial charge in [-0.1, -0.05) is 12.2 Å². The van der Waals surface area contributed by atoms with Crippen LogP contribution in [0.4, 0.5) is 0 Å². The van der Waals surface area contributed by atoms with Crippen molar-refractivity contribution in [1.29, 1.82) is 0 Å². The van der Waals surface area contributed by atoms with Crippen molar-refractivity contribution in [1.82, 2.24) is 14.1 Å². The first-order valence-electron chi connectivity index (χ1n) is 6.16. The average molecular weight is 318 g/mol. The van der Waals surface area contributed by atoms with Crippen molar-refractivity contribution >= 4 is 27.2 Å². The molecule has 0 aromatic carbocycles. The molecule has 1 unspecified atom stereocenters. The number of aryl methyl sites for hydroxylation is 2. The number of nitrogens with zero attached hydrogens (tertiary/aromatic N) is 3. The van der Waals surface area contributed by atoms with Crippen LogP contribution in [-0.4, -0.2) is 53.3 Å². The Morgan fingerprint density at radius 3 is 2.65 bits per heavy atom. The van der Waals surface area contributed by atoms with E-state index in [1.54, 1.807) is 25.6 Å². The van der Waals surface area contributed by atoms with E-state index in [1.807, 2.05) is 0 Å². The highest BCUT2D eigenvalue weighted by Gasteiger charge is 2.35. The van der Waals surface area contributed by atoms with Crippen LogP contribution in [0.2, 0.25) is 0 Å². The smallest absolute Gasteiger partial charge is 0.246 e. The second-order valence-corrected chi connectivity index (χ2v) is 7.09. The molecule has 0 amide bonds. The molecule has 1 aromatic rings. The van der Waals surface area contributed by atoms with E-state index in [1.165, 1.54) is 4.31 Å². The minimum atomic E-state index is -3.61. The van der Waals surface area contributed by atoms with E-state index in [2.05, 4.69) is 5.10 Å². The van der Waals surface area contributed by atoms with Crippen LogP contribution < -0.4 is 5.73 Å². The molecule has 0 spiro atoms. The van der Waals surface area contributed by atoms with Gasteiger partial charge >= 0.3 is 0 Å². The Bertz CT molecular complexity index is 638. The molecular weight excluding hydrogens is 300 g/mol. The number of ether oxygens (including phenoxy) is 1. The van der Waals surface area contributed by atoms with E-state index in [-0.39, 0.29) is 29.6 Å². The molecule has 1 aromatic heterocycles. The minimum absolute atomic E-state index is 0.144. The normalized spacial score (nSPS) is 21.1. The summed E-state index contributed by atoms with van der Waals surface area (Å²) in [5.41, 5.74) is 6.64. The molecule has 1 aliphatic heterocycles. The first-order valence-corrected chi connectivity index (χ1v) is 8.01. The molecule has 0 radical (unpaired) electrons. The first-order chi connectivity index (χ1) is 9.25. The zero-order valence-electron chi connectivity index (χ0n) is 11.7. The number of sulfonamides is 1. The van der Waals surface area contributed by atoms with Gasteiger partial charge in [0, 0.05) is 20.1 Å². The van der Waals surface area contributed by atoms with Crippen molar-refractivity contribution in [2.75, 3.05) is 19.7 Å². The highest BCUT2D eigenvalue weighted by molar-refractivity contribution is 7.89. The van der Waals surface area contributed by atoms with E-state index < -0.39 is 16.1 Å². The van der Waals surface area contributed by atoms with Crippen molar-refractivity contribution in [3.8, 4) is 0 Å². The lowest BCUT2D eigenvalue weighted by molar-refractivity contribution is 0.0386. The maximum absolute atomic E-state index is 12.7. The molecule has 0 bridgehead atoms. The van der Waals surface area contributed by atoms with E-state index in [0.29, 0.717) is 11.4 Å². The number of hydrogen-bond acceptors (Lipinski definition) is 5. The van der Waals surface area contributed by atoms with Gasteiger partial charge in [-0.05, 0) is 13.8 Å². The third-order valence-corrected chi connectivity index (χ3v) is 5.77. The Balaban J connectivity index is 2.37. The zero-order chi connectivity index (χ0) is 15.1. The monoisotopic (exact) mass is 318 g/mol. The lowest BCUT2D eigenvalue weighted by Gasteiger charge is -2.31. The fraction of sp³-hybridized carbons (Fsp3) is 0.636. The number of hydrogen-bond donors (Lipinski definition) is 1. The van der Waals surface area contributed by atoms with Crippen LogP contribution in [0.1, 0.15) is 11.4 Å². The predicted octanol–water partition coefficient (Wildman–Crippen LogP) is -0.287. The molecule has 1 saturated heterocycles. The van der Waals surface area contributed by atoms with Gasteiger partial charge in [-0.3, -0.25) is 4.68 Å². The molecule has 1 fully saturated rings. The largest absolute Gasteiger partial charge is 0.391 e. The molecule has 20 heavy (non-hydrogen) atoms. The molecule has 1 atom stereocenters. The van der Waals surface area contributed by atoms with Crippen LogP contribution in [0.25, 0.3) is 0 Å². The number of thiocarbonyl (C=S) groups is 1. The molecule has 0 aliphatic carbocycles. The summed E-state index contributed by atoms with van der Waals surface area (Å²) in [6, 6.07) is 0. The van der Waals surface area contributed by atoms with Crippen molar-refractivity contribution in [3.05, 3.63) is 11.4 Å². The van der Waals surface area contributed by atoms with Crippen LogP contribution in [-0.2, 0) is 21.8 Å². The van der Waals surface area contributed by atoms with E-state index in [4.69, 9.17) is 22.7 Å². The summed E-state index contributed by atoms with van der Waals surface area (Å²) in [5.74, 6) is 0. The van der Waals surface area contributed by atoms with Gasteiger partial charge in [0.15, 0.2) is 0 Å². The molecule has 2 rings (SSSR count). The van der Waals surface area contributed by atoms with Crippen LogP contribution in [0.15, 0.2) is 4.90 Å². The lowest BCUT2D eigenvalue weighted by Crippen LogP contribution is -2.49. The van der Waals surface area contributed by atoms with E-state index in [9.17, 15) is 8.42 Å². The Morgan fingerprint density at radius 2 is 2.15 bits per heavy atom. The molecular formula is C11H18N4O3S2. The third kappa shape index (κ3) is 2.58. The Kier molecular flexibility index (Phi) is 4.14. The van der Waals surface area contributed by atoms with Gasteiger partial charge < -0.3 is 10.5 Å². The fourth-order valence-corrected chi connectivity index (χ4v) is 4.24. The summed E-state index contributed by atoms with van der Waals surface area (Å²) >= 11 is 4.88. The van der Waals surface area contributed by atoms with Gasteiger partial charge in [0.05, 0.1) is 18.0 Å². The van der Waals surface area contributed by atoms with E-state index >= 15 is 0 Å². The van der Waals surface area contributed by atoms with Crippen LogP contribution >= 0.6 is 12.2 Å². The molecule has 0 saturated carbocycles. The number of aromatic nitrogens is 2. The second kappa shape index (κ2) is 5.40. The average Bonchev–Trinajstić information content (AvgIpc) is 2.63. The van der Waals surface area contributed by atoms with Gasteiger partial charge in [0.25, 0.3) is 0 Å². The topological polar surface area (TPSA) is 90.5 Å². The molecule has 2 heterocycles. The SMILES string of the molecule is Cc1nn(C)c(C)c1S(=O)(=O)N1CCOC(C(N)=S)C1.